The minimum Gasteiger partial charge on any atom is -0.477 e. The average Bonchev–Trinajstić information content (AvgIpc) is 2.25. The fourth-order valence-electron chi connectivity index (χ4n) is 1.90. The summed E-state index contributed by atoms with van der Waals surface area (Å²) < 4.78 is 53.0. The van der Waals surface area contributed by atoms with Gasteiger partial charge in [0, 0.05) is 6.04 Å². The van der Waals surface area contributed by atoms with Crippen LogP contribution in [0.25, 0.3) is 0 Å². The topological polar surface area (TPSA) is 104 Å². The molecule has 1 aromatic carbocycles. The van der Waals surface area contributed by atoms with Crippen LogP contribution in [-0.4, -0.2) is 36.7 Å². The van der Waals surface area contributed by atoms with Crippen LogP contribution in [0.4, 0.5) is 8.78 Å². The van der Waals surface area contributed by atoms with Crippen LogP contribution in [0, 0.1) is 11.6 Å². The molecule has 0 bridgehead atoms. The zero-order valence-corrected chi connectivity index (χ0v) is 10.8. The van der Waals surface area contributed by atoms with Crippen molar-refractivity contribution in [3.63, 3.8) is 0 Å². The molecule has 1 aliphatic carbocycles. The van der Waals surface area contributed by atoms with E-state index in [2.05, 4.69) is 4.72 Å². The minimum atomic E-state index is -4.31. The van der Waals surface area contributed by atoms with Gasteiger partial charge in [-0.1, -0.05) is 0 Å². The lowest BCUT2D eigenvalue weighted by atomic mass is 9.91. The molecule has 0 aromatic heterocycles. The predicted octanol–water partition coefficient (Wildman–Crippen LogP) is 0.465. The van der Waals surface area contributed by atoms with Crippen LogP contribution in [-0.2, 0) is 10.0 Å². The number of sulfonamides is 1. The summed E-state index contributed by atoms with van der Waals surface area (Å²) in [6, 6.07) is 0.693. The highest BCUT2D eigenvalue weighted by atomic mass is 32.2. The van der Waals surface area contributed by atoms with Gasteiger partial charge in [-0.2, -0.15) is 0 Å². The van der Waals surface area contributed by atoms with Crippen molar-refractivity contribution < 1.29 is 32.2 Å². The molecule has 110 valence electrons. The number of carbonyl (C=O) groups is 1. The summed E-state index contributed by atoms with van der Waals surface area (Å²) in [5.41, 5.74) is -1.32. The molecular formula is C11H11F2NO5S. The van der Waals surface area contributed by atoms with Gasteiger partial charge in [0.15, 0.2) is 5.82 Å². The second-order valence-corrected chi connectivity index (χ2v) is 6.17. The summed E-state index contributed by atoms with van der Waals surface area (Å²) in [6.45, 7) is 0. The SMILES string of the molecule is O=C(O)c1c(F)ccc(S(=O)(=O)NC2CC(O)C2)c1F. The Balaban J connectivity index is 2.37. The van der Waals surface area contributed by atoms with E-state index in [1.54, 1.807) is 0 Å². The van der Waals surface area contributed by atoms with Crippen molar-refractivity contribution >= 4 is 16.0 Å². The van der Waals surface area contributed by atoms with E-state index in [4.69, 9.17) is 10.2 Å². The molecule has 2 rings (SSSR count). The van der Waals surface area contributed by atoms with Crippen molar-refractivity contribution in [3.05, 3.63) is 29.3 Å². The fraction of sp³-hybridized carbons (Fsp3) is 0.364. The highest BCUT2D eigenvalue weighted by Gasteiger charge is 2.33. The van der Waals surface area contributed by atoms with Gasteiger partial charge in [-0.05, 0) is 25.0 Å². The number of halogens is 2. The summed E-state index contributed by atoms with van der Waals surface area (Å²) >= 11 is 0. The second kappa shape index (κ2) is 5.08. The molecule has 9 heteroatoms. The van der Waals surface area contributed by atoms with Crippen molar-refractivity contribution in [2.75, 3.05) is 0 Å². The summed E-state index contributed by atoms with van der Waals surface area (Å²) in [7, 11) is -4.31. The molecule has 0 spiro atoms. The molecule has 3 N–H and O–H groups in total. The number of benzene rings is 1. The monoisotopic (exact) mass is 307 g/mol. The van der Waals surface area contributed by atoms with Crippen LogP contribution in [0.3, 0.4) is 0 Å². The number of nitrogens with one attached hydrogen (secondary N) is 1. The number of hydrogen-bond acceptors (Lipinski definition) is 4. The summed E-state index contributed by atoms with van der Waals surface area (Å²) in [4.78, 5) is 9.79. The molecule has 0 atom stereocenters. The minimum absolute atomic E-state index is 0.188. The van der Waals surface area contributed by atoms with Gasteiger partial charge in [-0.25, -0.2) is 26.7 Å². The van der Waals surface area contributed by atoms with E-state index in [0.717, 1.165) is 0 Å². The maximum atomic E-state index is 13.8. The van der Waals surface area contributed by atoms with Crippen LogP contribution in [0.1, 0.15) is 23.2 Å². The maximum absolute atomic E-state index is 13.8. The molecule has 0 amide bonds. The number of aliphatic hydroxyl groups is 1. The van der Waals surface area contributed by atoms with Gasteiger partial charge in [0.2, 0.25) is 10.0 Å². The Kier molecular flexibility index (Phi) is 3.76. The number of rotatable bonds is 4. The Hall–Kier alpha value is -1.58. The first-order chi connectivity index (χ1) is 9.22. The Morgan fingerprint density at radius 3 is 2.40 bits per heavy atom. The van der Waals surface area contributed by atoms with E-state index in [-0.39, 0.29) is 12.8 Å². The van der Waals surface area contributed by atoms with Crippen LogP contribution in [0.2, 0.25) is 0 Å². The van der Waals surface area contributed by atoms with Crippen LogP contribution < -0.4 is 4.72 Å². The molecule has 6 nitrogen and oxygen atoms in total. The summed E-state index contributed by atoms with van der Waals surface area (Å²) in [6.07, 6.45) is -0.239. The summed E-state index contributed by atoms with van der Waals surface area (Å²) in [5.74, 6) is -4.89. The molecule has 1 aliphatic rings. The molecular weight excluding hydrogens is 296 g/mol. The second-order valence-electron chi connectivity index (χ2n) is 4.48. The van der Waals surface area contributed by atoms with Gasteiger partial charge in [0.05, 0.1) is 6.10 Å². The number of carboxylic acid groups (broad SMARTS) is 1. The van der Waals surface area contributed by atoms with Gasteiger partial charge < -0.3 is 10.2 Å². The lowest BCUT2D eigenvalue weighted by Gasteiger charge is -2.31. The van der Waals surface area contributed by atoms with Gasteiger partial charge in [0.1, 0.15) is 16.3 Å². The first-order valence-electron chi connectivity index (χ1n) is 5.64. The maximum Gasteiger partial charge on any atom is 0.341 e. The van der Waals surface area contributed by atoms with Crippen molar-refractivity contribution in [2.45, 2.75) is 29.9 Å². The third-order valence-electron chi connectivity index (χ3n) is 2.99. The average molecular weight is 307 g/mol. The molecule has 1 aromatic rings. The van der Waals surface area contributed by atoms with Crippen molar-refractivity contribution in [1.82, 2.24) is 4.72 Å². The number of aromatic carboxylic acids is 1. The zero-order chi connectivity index (χ0) is 15.1. The molecule has 0 radical (unpaired) electrons. The van der Waals surface area contributed by atoms with E-state index in [0.29, 0.717) is 12.1 Å². The number of hydrogen-bond donors (Lipinski definition) is 3. The summed E-state index contributed by atoms with van der Waals surface area (Å²) in [5, 5.41) is 17.7. The van der Waals surface area contributed by atoms with E-state index < -0.39 is 50.2 Å². The molecule has 1 saturated carbocycles. The van der Waals surface area contributed by atoms with Gasteiger partial charge in [0.25, 0.3) is 0 Å². The van der Waals surface area contributed by atoms with Crippen molar-refractivity contribution in [1.29, 1.82) is 0 Å². The quantitative estimate of drug-likeness (QED) is 0.750. The van der Waals surface area contributed by atoms with Crippen molar-refractivity contribution in [2.24, 2.45) is 0 Å². The normalized spacial score (nSPS) is 22.4. The van der Waals surface area contributed by atoms with Gasteiger partial charge >= 0.3 is 5.97 Å². The number of carboxylic acids is 1. The Bertz CT molecular complexity index is 655. The van der Waals surface area contributed by atoms with Gasteiger partial charge in [-0.3, -0.25) is 0 Å². The zero-order valence-electron chi connectivity index (χ0n) is 10.0. The smallest absolute Gasteiger partial charge is 0.341 e. The predicted molar refractivity (Wildman–Crippen MR) is 62.7 cm³/mol. The molecule has 0 heterocycles. The van der Waals surface area contributed by atoms with Crippen LogP contribution in [0.5, 0.6) is 0 Å². The largest absolute Gasteiger partial charge is 0.477 e. The number of aliphatic hydroxyl groups excluding tert-OH is 1. The Morgan fingerprint density at radius 2 is 1.90 bits per heavy atom. The molecule has 1 fully saturated rings. The Labute approximate surface area is 113 Å². The molecule has 0 aliphatic heterocycles. The van der Waals surface area contributed by atoms with Crippen molar-refractivity contribution in [3.8, 4) is 0 Å². The highest BCUT2D eigenvalue weighted by Crippen LogP contribution is 2.25. The lowest BCUT2D eigenvalue weighted by molar-refractivity contribution is 0.0685. The van der Waals surface area contributed by atoms with E-state index >= 15 is 0 Å². The lowest BCUT2D eigenvalue weighted by Crippen LogP contribution is -2.46. The first kappa shape index (κ1) is 14.8. The molecule has 0 saturated heterocycles. The fourth-order valence-corrected chi connectivity index (χ4v) is 3.25. The molecule has 20 heavy (non-hydrogen) atoms. The van der Waals surface area contributed by atoms with E-state index in [9.17, 15) is 22.0 Å². The standard InChI is InChI=1S/C11H11F2NO5S/c12-7-1-2-8(10(13)9(7)11(16)17)20(18,19)14-5-3-6(15)4-5/h1-2,5-6,14-15H,3-4H2,(H,16,17). The van der Waals surface area contributed by atoms with E-state index in [1.165, 1.54) is 0 Å². The molecule has 0 unspecified atom stereocenters. The van der Waals surface area contributed by atoms with Crippen LogP contribution in [0.15, 0.2) is 17.0 Å². The third kappa shape index (κ3) is 2.65. The van der Waals surface area contributed by atoms with Gasteiger partial charge in [-0.15, -0.1) is 0 Å². The Morgan fingerprint density at radius 1 is 1.30 bits per heavy atom. The van der Waals surface area contributed by atoms with Crippen LogP contribution >= 0.6 is 0 Å². The first-order valence-corrected chi connectivity index (χ1v) is 7.12. The third-order valence-corrected chi connectivity index (χ3v) is 4.53. The highest BCUT2D eigenvalue weighted by molar-refractivity contribution is 7.89. The van der Waals surface area contributed by atoms with E-state index in [1.807, 2.05) is 0 Å².